The Balaban J connectivity index is 0.00000722. The molecule has 0 radical (unpaired) electrons. The van der Waals surface area contributed by atoms with Crippen LogP contribution in [0.1, 0.15) is 94.4 Å². The first kappa shape index (κ1) is 31.3. The Kier molecular flexibility index (Phi) is 8.25. The van der Waals surface area contributed by atoms with E-state index < -0.39 is 48.2 Å². The number of aromatic nitrogens is 4. The molecule has 0 fully saturated rings. The van der Waals surface area contributed by atoms with E-state index in [0.29, 0.717) is 33.5 Å². The van der Waals surface area contributed by atoms with Crippen molar-refractivity contribution in [3.05, 3.63) is 199 Å². The van der Waals surface area contributed by atoms with E-state index in [1.807, 2.05) is 41.0 Å². The summed E-state index contributed by atoms with van der Waals surface area (Å²) in [7, 11) is 0. The van der Waals surface area contributed by atoms with E-state index in [9.17, 15) is 5.48 Å². The van der Waals surface area contributed by atoms with Crippen LogP contribution in [0.25, 0.3) is 72.3 Å². The Morgan fingerprint density at radius 1 is 0.662 bits per heavy atom. The van der Waals surface area contributed by atoms with E-state index in [1.54, 1.807) is 54.8 Å². The number of fused-ring (bicyclic) bond motifs is 4. The molecule has 0 bridgehead atoms. The summed E-state index contributed by atoms with van der Waals surface area (Å²) in [5.74, 6) is -0.916. The van der Waals surface area contributed by atoms with Crippen LogP contribution >= 0.6 is 0 Å². The monoisotopic (exact) mass is 1040 g/mol. The molecule has 0 amide bonds. The van der Waals surface area contributed by atoms with Crippen LogP contribution < -0.4 is 9.30 Å². The molecule has 0 atom stereocenters. The Hall–Kier alpha value is -6.55. The van der Waals surface area contributed by atoms with Crippen molar-refractivity contribution in [3.8, 4) is 50.9 Å². The van der Waals surface area contributed by atoms with Gasteiger partial charge in [-0.15, -0.1) is 29.6 Å². The second kappa shape index (κ2) is 17.1. The minimum absolute atomic E-state index is 0. The van der Waals surface area contributed by atoms with E-state index in [-0.39, 0.29) is 101 Å². The number of nitrogens with zero attached hydrogens (tertiary/aromatic N) is 4. The number of rotatable bonds is 8. The summed E-state index contributed by atoms with van der Waals surface area (Å²) in [5.41, 5.74) is 6.67. The van der Waals surface area contributed by atoms with Crippen LogP contribution in [0, 0.1) is 18.5 Å². The van der Waals surface area contributed by atoms with Crippen LogP contribution in [0.2, 0.25) is 0 Å². The van der Waals surface area contributed by atoms with Gasteiger partial charge in [-0.3, -0.25) is 4.57 Å². The third kappa shape index (κ3) is 8.24. The number of hydrogen-bond donors (Lipinski definition) is 0. The number of hydrogen-bond acceptors (Lipinski definition) is 2. The molecule has 7 aromatic carbocycles. The predicted octanol–water partition coefficient (Wildman–Crippen LogP) is 14.6. The van der Waals surface area contributed by atoms with E-state index in [4.69, 9.17) is 15.7 Å². The van der Waals surface area contributed by atoms with Crippen LogP contribution in [0.3, 0.4) is 0 Å². The zero-order chi connectivity index (χ0) is 54.8. The van der Waals surface area contributed by atoms with Crippen molar-refractivity contribution < 1.29 is 46.8 Å². The predicted molar refractivity (Wildman–Crippen MR) is 262 cm³/mol. The van der Waals surface area contributed by atoms with Crippen LogP contribution in [0.15, 0.2) is 164 Å². The molecular weight excluding hydrogens is 976 g/mol. The molecule has 0 unspecified atom stereocenters. The average Bonchev–Trinajstić information content (AvgIpc) is 4.05. The molecule has 10 aromatic rings. The molecule has 0 aliphatic carbocycles. The molecule has 0 spiro atoms. The van der Waals surface area contributed by atoms with Gasteiger partial charge in [0, 0.05) is 47.0 Å². The molecule has 0 aliphatic rings. The molecule has 3 heterocycles. The Bertz CT molecular complexity index is 4010. The first-order valence-corrected chi connectivity index (χ1v) is 21.1. The van der Waals surface area contributed by atoms with Crippen molar-refractivity contribution in [1.82, 2.24) is 14.1 Å². The smallest absolute Gasteiger partial charge is 0.268 e. The summed E-state index contributed by atoms with van der Waals surface area (Å²) in [6.45, 7) is 16.4. The molecule has 6 heteroatoms. The summed E-state index contributed by atoms with van der Waals surface area (Å²) in [5, 5.41) is 0.0692. The van der Waals surface area contributed by atoms with E-state index in [0.717, 1.165) is 22.3 Å². The van der Waals surface area contributed by atoms with Crippen molar-refractivity contribution in [2.45, 2.75) is 72.1 Å². The van der Waals surface area contributed by atoms with Gasteiger partial charge in [0.25, 0.3) is 6.33 Å². The minimum atomic E-state index is -1.06. The maximum Gasteiger partial charge on any atom is 0.268 e. The average molecular weight is 1040 g/mol. The second-order valence-electron chi connectivity index (χ2n) is 18.2. The second-order valence-corrected chi connectivity index (χ2v) is 18.2. The number of pyridine rings is 1. The summed E-state index contributed by atoms with van der Waals surface area (Å²) < 4.78 is 118. The summed E-state index contributed by atoms with van der Waals surface area (Å²) >= 11 is 0. The van der Waals surface area contributed by atoms with Gasteiger partial charge in [-0.1, -0.05) is 170 Å². The maximum atomic E-state index is 9.36. The van der Waals surface area contributed by atoms with Crippen LogP contribution in [0.5, 0.6) is 11.5 Å². The topological polar surface area (TPSA) is 35.9 Å². The zero-order valence-electron chi connectivity index (χ0n) is 49.3. The summed E-state index contributed by atoms with van der Waals surface area (Å²) in [6, 6.07) is 30.0. The molecular formula is C59H52N4OPt-2. The van der Waals surface area contributed by atoms with E-state index in [1.165, 1.54) is 10.8 Å². The maximum absolute atomic E-state index is 9.36. The standard InChI is InChI=1S/C59H52N4O.Pt/c1-39(2)41-30-31-60-56(34-41)63-52-25-13-12-22-50(52)51-29-28-47(37-55(51)63)64-46-21-16-20-45(36-46)61-38-62(54-27-15-14-26-53(54)61)57-48(40-18-10-9-11-19-40)23-17-24-49(57)42-32-43(58(3,4)5)35-44(33-42)59(6,7)8;/h9-35,39H,1-8H3;/q-2;/i9D,10D,11D,12D,13D,18D,19D,22D,25D,28D,29D,39D;. The van der Waals surface area contributed by atoms with Crippen molar-refractivity contribution >= 4 is 32.8 Å². The molecule has 326 valence electrons. The molecule has 0 N–H and O–H groups in total. The number of ether oxygens (including phenoxy) is 1. The van der Waals surface area contributed by atoms with E-state index in [2.05, 4.69) is 83.2 Å². The number of imidazole rings is 1. The minimum Gasteiger partial charge on any atom is -0.510 e. The van der Waals surface area contributed by atoms with Gasteiger partial charge in [0.05, 0.1) is 29.1 Å². The molecule has 10 rings (SSSR count). The van der Waals surface area contributed by atoms with Gasteiger partial charge >= 0.3 is 0 Å². The van der Waals surface area contributed by atoms with Gasteiger partial charge in [0.2, 0.25) is 0 Å². The normalized spacial score (nSPS) is 14.8. The summed E-state index contributed by atoms with van der Waals surface area (Å²) in [4.78, 5) is 4.57. The summed E-state index contributed by atoms with van der Waals surface area (Å²) in [6.07, 6.45) is 5.06. The molecule has 3 aromatic heterocycles. The third-order valence-corrected chi connectivity index (χ3v) is 11.5. The first-order chi connectivity index (χ1) is 35.7. The van der Waals surface area contributed by atoms with Crippen LogP contribution in [0.4, 0.5) is 0 Å². The third-order valence-electron chi connectivity index (χ3n) is 11.5. The van der Waals surface area contributed by atoms with E-state index >= 15 is 0 Å². The fourth-order valence-electron chi connectivity index (χ4n) is 8.02. The first-order valence-electron chi connectivity index (χ1n) is 27.1. The quantitative estimate of drug-likeness (QED) is 0.112. The number of para-hydroxylation sites is 4. The number of benzene rings is 7. The molecule has 5 nitrogen and oxygen atoms in total. The zero-order valence-corrected chi connectivity index (χ0v) is 39.5. The fraction of sp³-hybridized carbons (Fsp3) is 0.186. The van der Waals surface area contributed by atoms with Gasteiger partial charge in [0.15, 0.2) is 0 Å². The van der Waals surface area contributed by atoms with Crippen molar-refractivity contribution in [3.63, 3.8) is 0 Å². The van der Waals surface area contributed by atoms with Crippen LogP contribution in [-0.4, -0.2) is 14.1 Å². The van der Waals surface area contributed by atoms with Gasteiger partial charge in [0.1, 0.15) is 5.82 Å². The molecule has 0 saturated carbocycles. The van der Waals surface area contributed by atoms with Gasteiger partial charge in [-0.25, -0.2) is 4.98 Å². The molecule has 65 heavy (non-hydrogen) atoms. The van der Waals surface area contributed by atoms with Gasteiger partial charge in [-0.2, -0.15) is 18.2 Å². The Morgan fingerprint density at radius 2 is 1.35 bits per heavy atom. The SMILES string of the molecule is [2H]c1c([2H])c([2H])c(-c2cccc(-c3cc(C(C)(C)C)cc(C(C)(C)C)c3)c2-[n+]2[c-]n(-c3[c-]c(Oc4[c-]c5c(c([2H])c4[2H])c4c([2H])c([2H])c([2H])c([2H])c4n5-c4cc(C([2H])(C)C)ccn4)ccc3)c3ccccc32)c([2H])c1[2H].[Pt]. The molecule has 0 aliphatic heterocycles. The van der Waals surface area contributed by atoms with Crippen molar-refractivity contribution in [2.75, 3.05) is 0 Å². The Morgan fingerprint density at radius 3 is 2.09 bits per heavy atom. The molecule has 0 saturated heterocycles. The van der Waals surface area contributed by atoms with Crippen molar-refractivity contribution in [1.29, 1.82) is 0 Å². The Labute approximate surface area is 414 Å². The fourth-order valence-corrected chi connectivity index (χ4v) is 8.02. The van der Waals surface area contributed by atoms with Crippen LogP contribution in [-0.2, 0) is 31.9 Å². The van der Waals surface area contributed by atoms with Crippen molar-refractivity contribution in [2.24, 2.45) is 0 Å². The largest absolute Gasteiger partial charge is 0.510 e. The van der Waals surface area contributed by atoms with Gasteiger partial charge < -0.3 is 13.9 Å². The van der Waals surface area contributed by atoms with Gasteiger partial charge in [-0.05, 0) is 86.3 Å².